The zero-order valence-electron chi connectivity index (χ0n) is 17.9. The van der Waals surface area contributed by atoms with Gasteiger partial charge in [-0.15, -0.1) is 0 Å². The highest BCUT2D eigenvalue weighted by Crippen LogP contribution is 2.27. The molecule has 0 aromatic heterocycles. The number of methoxy groups -OCH3 is 1. The SMILES string of the molecule is COc1ccc(C(=O)NCC(C)N(C)C2CC2)cc1S(=O)(=O)NCc1ccc(Cl)cc1. The molecular formula is C22H28ClN3O4S. The van der Waals surface area contributed by atoms with Gasteiger partial charge in [-0.25, -0.2) is 13.1 Å². The molecule has 0 spiro atoms. The Hall–Kier alpha value is -2.13. The summed E-state index contributed by atoms with van der Waals surface area (Å²) in [4.78, 5) is 14.8. The fourth-order valence-electron chi connectivity index (χ4n) is 3.21. The van der Waals surface area contributed by atoms with Gasteiger partial charge in [-0.2, -0.15) is 0 Å². The lowest BCUT2D eigenvalue weighted by Crippen LogP contribution is -2.41. The Kier molecular flexibility index (Phi) is 7.59. The predicted molar refractivity (Wildman–Crippen MR) is 121 cm³/mol. The normalized spacial score (nSPS) is 15.0. The van der Waals surface area contributed by atoms with E-state index in [2.05, 4.69) is 28.9 Å². The first-order valence-corrected chi connectivity index (χ1v) is 12.0. The third-order valence-electron chi connectivity index (χ3n) is 5.47. The van der Waals surface area contributed by atoms with Crippen LogP contribution in [0.5, 0.6) is 5.75 Å². The molecule has 0 radical (unpaired) electrons. The van der Waals surface area contributed by atoms with Gasteiger partial charge in [0.25, 0.3) is 5.91 Å². The van der Waals surface area contributed by atoms with Gasteiger partial charge in [0.1, 0.15) is 10.6 Å². The van der Waals surface area contributed by atoms with Crippen molar-refractivity contribution in [3.05, 3.63) is 58.6 Å². The van der Waals surface area contributed by atoms with Crippen LogP contribution in [0.15, 0.2) is 47.4 Å². The van der Waals surface area contributed by atoms with E-state index in [0.29, 0.717) is 17.6 Å². The number of hydrogen-bond donors (Lipinski definition) is 2. The molecule has 168 valence electrons. The number of carbonyl (C=O) groups is 1. The Morgan fingerprint density at radius 3 is 2.52 bits per heavy atom. The first-order chi connectivity index (χ1) is 14.7. The van der Waals surface area contributed by atoms with Crippen molar-refractivity contribution in [2.24, 2.45) is 0 Å². The Labute approximate surface area is 188 Å². The summed E-state index contributed by atoms with van der Waals surface area (Å²) in [6, 6.07) is 12.0. The van der Waals surface area contributed by atoms with Gasteiger partial charge < -0.3 is 10.1 Å². The molecule has 9 heteroatoms. The van der Waals surface area contributed by atoms with Crippen LogP contribution in [0.4, 0.5) is 0 Å². The Balaban J connectivity index is 1.71. The number of sulfonamides is 1. The average Bonchev–Trinajstić information content (AvgIpc) is 3.61. The van der Waals surface area contributed by atoms with Crippen LogP contribution >= 0.6 is 11.6 Å². The van der Waals surface area contributed by atoms with Crippen LogP contribution in [0.3, 0.4) is 0 Å². The highest BCUT2D eigenvalue weighted by atomic mass is 35.5. The number of carbonyl (C=O) groups excluding carboxylic acids is 1. The molecule has 2 aromatic carbocycles. The van der Waals surface area contributed by atoms with Crippen molar-refractivity contribution in [2.75, 3.05) is 20.7 Å². The van der Waals surface area contributed by atoms with Crippen molar-refractivity contribution in [1.29, 1.82) is 0 Å². The van der Waals surface area contributed by atoms with Crippen LogP contribution in [0.2, 0.25) is 5.02 Å². The molecule has 31 heavy (non-hydrogen) atoms. The van der Waals surface area contributed by atoms with Crippen LogP contribution in [0.25, 0.3) is 0 Å². The van der Waals surface area contributed by atoms with Crippen LogP contribution in [-0.2, 0) is 16.6 Å². The molecule has 1 unspecified atom stereocenters. The summed E-state index contributed by atoms with van der Waals surface area (Å²) >= 11 is 5.87. The molecular weight excluding hydrogens is 438 g/mol. The van der Waals surface area contributed by atoms with E-state index in [4.69, 9.17) is 16.3 Å². The van der Waals surface area contributed by atoms with E-state index in [1.807, 2.05) is 0 Å². The van der Waals surface area contributed by atoms with Gasteiger partial charge in [-0.1, -0.05) is 23.7 Å². The Morgan fingerprint density at radius 2 is 1.90 bits per heavy atom. The van der Waals surface area contributed by atoms with E-state index >= 15 is 0 Å². The van der Waals surface area contributed by atoms with Crippen molar-refractivity contribution in [2.45, 2.75) is 43.3 Å². The maximum absolute atomic E-state index is 12.9. The molecule has 1 amide bonds. The highest BCUT2D eigenvalue weighted by molar-refractivity contribution is 7.89. The lowest BCUT2D eigenvalue weighted by Gasteiger charge is -2.24. The standard InChI is InChI=1S/C22H28ClN3O4S/c1-15(26(2)19-9-10-19)13-24-22(27)17-6-11-20(30-3)21(12-17)31(28,29)25-14-16-4-7-18(23)8-5-16/h4-8,11-12,15,19,25H,9-10,13-14H2,1-3H3,(H,24,27). The summed E-state index contributed by atoms with van der Waals surface area (Å²) < 4.78 is 33.6. The Morgan fingerprint density at radius 1 is 1.23 bits per heavy atom. The topological polar surface area (TPSA) is 87.7 Å². The maximum Gasteiger partial charge on any atom is 0.251 e. The summed E-state index contributed by atoms with van der Waals surface area (Å²) in [6.07, 6.45) is 2.38. The summed E-state index contributed by atoms with van der Waals surface area (Å²) in [7, 11) is -0.465. The van der Waals surface area contributed by atoms with Crippen LogP contribution in [-0.4, -0.2) is 52.0 Å². The van der Waals surface area contributed by atoms with Crippen molar-refractivity contribution in [3.8, 4) is 5.75 Å². The predicted octanol–water partition coefficient (Wildman–Crippen LogP) is 3.04. The van der Waals surface area contributed by atoms with E-state index in [9.17, 15) is 13.2 Å². The number of benzene rings is 2. The van der Waals surface area contributed by atoms with Gasteiger partial charge in [0.15, 0.2) is 0 Å². The van der Waals surface area contributed by atoms with E-state index in [0.717, 1.165) is 5.56 Å². The molecule has 0 aliphatic heterocycles. The molecule has 1 saturated carbocycles. The molecule has 0 saturated heterocycles. The van der Waals surface area contributed by atoms with Crippen molar-refractivity contribution < 1.29 is 17.9 Å². The van der Waals surface area contributed by atoms with E-state index in [-0.39, 0.29) is 34.7 Å². The smallest absolute Gasteiger partial charge is 0.251 e. The van der Waals surface area contributed by atoms with Gasteiger partial charge in [0.05, 0.1) is 7.11 Å². The second-order valence-corrected chi connectivity index (χ2v) is 9.94. The van der Waals surface area contributed by atoms with E-state index < -0.39 is 10.0 Å². The third-order valence-corrected chi connectivity index (χ3v) is 7.15. The fraction of sp³-hybridized carbons (Fsp3) is 0.409. The molecule has 1 atom stereocenters. The van der Waals surface area contributed by atoms with Crippen LogP contribution < -0.4 is 14.8 Å². The van der Waals surface area contributed by atoms with Gasteiger partial charge >= 0.3 is 0 Å². The molecule has 1 aliphatic carbocycles. The van der Waals surface area contributed by atoms with Gasteiger partial charge in [0, 0.05) is 35.8 Å². The second kappa shape index (κ2) is 9.99. The number of halogens is 1. The zero-order chi connectivity index (χ0) is 22.6. The minimum Gasteiger partial charge on any atom is -0.495 e. The number of ether oxygens (including phenoxy) is 1. The van der Waals surface area contributed by atoms with Gasteiger partial charge in [0.2, 0.25) is 10.0 Å². The first-order valence-electron chi connectivity index (χ1n) is 10.1. The molecule has 1 aliphatic rings. The average molecular weight is 466 g/mol. The number of amides is 1. The summed E-state index contributed by atoms with van der Waals surface area (Å²) in [5.41, 5.74) is 1.02. The largest absolute Gasteiger partial charge is 0.495 e. The molecule has 2 N–H and O–H groups in total. The lowest BCUT2D eigenvalue weighted by molar-refractivity contribution is 0.0939. The summed E-state index contributed by atoms with van der Waals surface area (Å²) in [6.45, 7) is 2.63. The molecule has 1 fully saturated rings. The number of hydrogen-bond acceptors (Lipinski definition) is 5. The number of nitrogens with zero attached hydrogens (tertiary/aromatic N) is 1. The van der Waals surface area contributed by atoms with Crippen molar-refractivity contribution >= 4 is 27.5 Å². The van der Waals surface area contributed by atoms with Gasteiger partial charge in [-0.3, -0.25) is 9.69 Å². The first kappa shape index (κ1) is 23.5. The number of likely N-dealkylation sites (N-methyl/N-ethyl adjacent to an activating group) is 1. The van der Waals surface area contributed by atoms with Crippen LogP contribution in [0, 0.1) is 0 Å². The van der Waals surface area contributed by atoms with E-state index in [1.54, 1.807) is 30.3 Å². The number of rotatable bonds is 10. The third kappa shape index (κ3) is 6.20. The summed E-state index contributed by atoms with van der Waals surface area (Å²) in [5, 5.41) is 3.47. The quantitative estimate of drug-likeness (QED) is 0.563. The van der Waals surface area contributed by atoms with E-state index in [1.165, 1.54) is 32.1 Å². The summed E-state index contributed by atoms with van der Waals surface area (Å²) in [5.74, 6) is -0.158. The minimum absolute atomic E-state index is 0.0836. The lowest BCUT2D eigenvalue weighted by atomic mass is 10.2. The fourth-order valence-corrected chi connectivity index (χ4v) is 4.55. The minimum atomic E-state index is -3.91. The van der Waals surface area contributed by atoms with Gasteiger partial charge in [-0.05, 0) is 62.7 Å². The molecule has 2 aromatic rings. The number of nitrogens with one attached hydrogen (secondary N) is 2. The molecule has 0 bridgehead atoms. The zero-order valence-corrected chi connectivity index (χ0v) is 19.5. The maximum atomic E-state index is 12.9. The van der Waals surface area contributed by atoms with Crippen molar-refractivity contribution in [1.82, 2.24) is 14.9 Å². The highest BCUT2D eigenvalue weighted by Gasteiger charge is 2.29. The molecule has 3 rings (SSSR count). The van der Waals surface area contributed by atoms with Crippen LogP contribution in [0.1, 0.15) is 35.7 Å². The molecule has 0 heterocycles. The monoisotopic (exact) mass is 465 g/mol. The Bertz CT molecular complexity index is 1020. The second-order valence-electron chi connectivity index (χ2n) is 7.77. The van der Waals surface area contributed by atoms with Crippen molar-refractivity contribution in [3.63, 3.8) is 0 Å². The molecule has 7 nitrogen and oxygen atoms in total.